The molecule has 0 radical (unpaired) electrons. The summed E-state index contributed by atoms with van der Waals surface area (Å²) >= 11 is 1.41. The van der Waals surface area contributed by atoms with Crippen molar-refractivity contribution in [1.82, 2.24) is 4.37 Å². The third kappa shape index (κ3) is 1.58. The van der Waals surface area contributed by atoms with Crippen molar-refractivity contribution in [2.45, 2.75) is 19.9 Å². The first-order valence-corrected chi connectivity index (χ1v) is 5.25. The van der Waals surface area contributed by atoms with Gasteiger partial charge in [-0.1, -0.05) is 0 Å². The molecule has 0 amide bonds. The van der Waals surface area contributed by atoms with Gasteiger partial charge in [0.1, 0.15) is 11.5 Å². The van der Waals surface area contributed by atoms with E-state index in [1.54, 1.807) is 0 Å². The molecule has 1 unspecified atom stereocenters. The third-order valence-electron chi connectivity index (χ3n) is 2.19. The van der Waals surface area contributed by atoms with Gasteiger partial charge in [0.05, 0.1) is 11.7 Å². The molecule has 0 aromatic carbocycles. The molecule has 1 atom stereocenters. The first-order chi connectivity index (χ1) is 6.68. The highest BCUT2D eigenvalue weighted by Gasteiger charge is 2.16. The average molecular weight is 208 g/mol. The summed E-state index contributed by atoms with van der Waals surface area (Å²) in [6, 6.07) is 3.75. The maximum absolute atomic E-state index is 6.06. The van der Waals surface area contributed by atoms with Crippen LogP contribution in [0.3, 0.4) is 0 Å². The summed E-state index contributed by atoms with van der Waals surface area (Å²) in [6.07, 6.45) is 0. The van der Waals surface area contributed by atoms with Crippen molar-refractivity contribution >= 4 is 11.5 Å². The Labute approximate surface area is 86.7 Å². The number of aromatic nitrogens is 1. The minimum Gasteiger partial charge on any atom is -0.466 e. The van der Waals surface area contributed by atoms with Gasteiger partial charge in [-0.05, 0) is 37.5 Å². The van der Waals surface area contributed by atoms with E-state index in [1.165, 1.54) is 11.5 Å². The Morgan fingerprint density at radius 3 is 2.79 bits per heavy atom. The minimum atomic E-state index is -0.168. The minimum absolute atomic E-state index is 0.168. The summed E-state index contributed by atoms with van der Waals surface area (Å²) in [6.45, 7) is 3.85. The van der Waals surface area contributed by atoms with Crippen LogP contribution in [0.5, 0.6) is 0 Å². The summed E-state index contributed by atoms with van der Waals surface area (Å²) in [5.74, 6) is 1.77. The molecule has 4 heteroatoms. The van der Waals surface area contributed by atoms with Gasteiger partial charge < -0.3 is 10.2 Å². The van der Waals surface area contributed by atoms with Gasteiger partial charge in [0.15, 0.2) is 0 Å². The van der Waals surface area contributed by atoms with E-state index in [1.807, 2.05) is 31.4 Å². The van der Waals surface area contributed by atoms with Crippen LogP contribution >= 0.6 is 11.5 Å². The van der Waals surface area contributed by atoms with Gasteiger partial charge in [0.25, 0.3) is 0 Å². The van der Waals surface area contributed by atoms with Gasteiger partial charge >= 0.3 is 0 Å². The predicted octanol–water partition coefficient (Wildman–Crippen LogP) is 2.40. The van der Waals surface area contributed by atoms with E-state index in [-0.39, 0.29) is 6.04 Å². The van der Waals surface area contributed by atoms with E-state index in [4.69, 9.17) is 10.2 Å². The number of rotatable bonds is 2. The van der Waals surface area contributed by atoms with Crippen LogP contribution in [0.25, 0.3) is 0 Å². The normalized spacial score (nSPS) is 13.1. The van der Waals surface area contributed by atoms with Crippen molar-refractivity contribution in [2.24, 2.45) is 5.73 Å². The predicted molar refractivity (Wildman–Crippen MR) is 56.3 cm³/mol. The first kappa shape index (κ1) is 9.43. The van der Waals surface area contributed by atoms with Crippen molar-refractivity contribution in [2.75, 3.05) is 0 Å². The smallest absolute Gasteiger partial charge is 0.106 e. The quantitative estimate of drug-likeness (QED) is 0.824. The van der Waals surface area contributed by atoms with Gasteiger partial charge in [0, 0.05) is 10.9 Å². The topological polar surface area (TPSA) is 52.0 Å². The summed E-state index contributed by atoms with van der Waals surface area (Å²) in [5, 5.41) is 1.93. The SMILES string of the molecule is Cc1cc(C(N)c2ccsn2)c(C)o1. The standard InChI is InChI=1S/C10H12N2OS/c1-6-5-8(7(2)13-6)10(11)9-3-4-14-12-9/h3-5,10H,11H2,1-2H3. The summed E-state index contributed by atoms with van der Waals surface area (Å²) in [7, 11) is 0. The van der Waals surface area contributed by atoms with Crippen LogP contribution in [0.1, 0.15) is 28.8 Å². The fourth-order valence-electron chi connectivity index (χ4n) is 1.50. The van der Waals surface area contributed by atoms with Crippen molar-refractivity contribution in [3.8, 4) is 0 Å². The maximum atomic E-state index is 6.06. The highest BCUT2D eigenvalue weighted by molar-refractivity contribution is 7.03. The molecule has 74 valence electrons. The van der Waals surface area contributed by atoms with Crippen LogP contribution in [0.15, 0.2) is 21.9 Å². The molecule has 2 heterocycles. The van der Waals surface area contributed by atoms with Crippen LogP contribution in [0, 0.1) is 13.8 Å². The Bertz CT molecular complexity index is 419. The highest BCUT2D eigenvalue weighted by Crippen LogP contribution is 2.24. The molecule has 0 aliphatic rings. The number of aryl methyl sites for hydroxylation is 2. The van der Waals surface area contributed by atoms with Crippen LogP contribution in [-0.2, 0) is 0 Å². The van der Waals surface area contributed by atoms with Crippen LogP contribution in [0.4, 0.5) is 0 Å². The van der Waals surface area contributed by atoms with Crippen molar-refractivity contribution < 1.29 is 4.42 Å². The van der Waals surface area contributed by atoms with Crippen LogP contribution < -0.4 is 5.73 Å². The molecule has 0 aliphatic heterocycles. The molecule has 0 saturated carbocycles. The van der Waals surface area contributed by atoms with Crippen molar-refractivity contribution in [3.63, 3.8) is 0 Å². The van der Waals surface area contributed by atoms with Crippen molar-refractivity contribution in [3.05, 3.63) is 40.3 Å². The fourth-order valence-corrected chi connectivity index (χ4v) is 2.06. The highest BCUT2D eigenvalue weighted by atomic mass is 32.1. The number of hydrogen-bond donors (Lipinski definition) is 1. The fraction of sp³-hybridized carbons (Fsp3) is 0.300. The largest absolute Gasteiger partial charge is 0.466 e. The molecule has 14 heavy (non-hydrogen) atoms. The zero-order valence-corrected chi connectivity index (χ0v) is 8.97. The second kappa shape index (κ2) is 3.55. The molecule has 0 spiro atoms. The molecule has 0 aliphatic carbocycles. The van der Waals surface area contributed by atoms with Crippen LogP contribution in [-0.4, -0.2) is 4.37 Å². The lowest BCUT2D eigenvalue weighted by molar-refractivity contribution is 0.499. The van der Waals surface area contributed by atoms with E-state index in [2.05, 4.69) is 4.37 Å². The molecule has 2 aromatic rings. The number of hydrogen-bond acceptors (Lipinski definition) is 4. The van der Waals surface area contributed by atoms with Crippen molar-refractivity contribution in [1.29, 1.82) is 0 Å². The van der Waals surface area contributed by atoms with Gasteiger partial charge in [-0.25, -0.2) is 0 Å². The molecule has 0 saturated heterocycles. The molecular formula is C10H12N2OS. The number of nitrogens with two attached hydrogens (primary N) is 1. The number of furan rings is 1. The molecular weight excluding hydrogens is 196 g/mol. The van der Waals surface area contributed by atoms with Gasteiger partial charge in [0.2, 0.25) is 0 Å². The Balaban J connectivity index is 2.36. The Morgan fingerprint density at radius 1 is 1.50 bits per heavy atom. The zero-order chi connectivity index (χ0) is 10.1. The van der Waals surface area contributed by atoms with Gasteiger partial charge in [-0.3, -0.25) is 0 Å². The lowest BCUT2D eigenvalue weighted by Crippen LogP contribution is -2.12. The van der Waals surface area contributed by atoms with E-state index in [0.29, 0.717) is 0 Å². The summed E-state index contributed by atoms with van der Waals surface area (Å²) in [4.78, 5) is 0. The molecule has 3 nitrogen and oxygen atoms in total. The van der Waals surface area contributed by atoms with Gasteiger partial charge in [-0.2, -0.15) is 4.37 Å². The second-order valence-electron chi connectivity index (χ2n) is 3.27. The monoisotopic (exact) mass is 208 g/mol. The second-order valence-corrected chi connectivity index (χ2v) is 3.94. The number of nitrogens with zero attached hydrogens (tertiary/aromatic N) is 1. The maximum Gasteiger partial charge on any atom is 0.106 e. The Kier molecular flexibility index (Phi) is 2.39. The third-order valence-corrected chi connectivity index (χ3v) is 2.76. The van der Waals surface area contributed by atoms with Gasteiger partial charge in [-0.15, -0.1) is 0 Å². The zero-order valence-electron chi connectivity index (χ0n) is 8.15. The van der Waals surface area contributed by atoms with E-state index < -0.39 is 0 Å². The Hall–Kier alpha value is -1.13. The molecule has 2 aromatic heterocycles. The molecule has 0 bridgehead atoms. The molecule has 0 fully saturated rings. The Morgan fingerprint density at radius 2 is 2.29 bits per heavy atom. The molecule has 2 rings (SSSR count). The molecule has 2 N–H and O–H groups in total. The first-order valence-electron chi connectivity index (χ1n) is 4.41. The van der Waals surface area contributed by atoms with Crippen LogP contribution in [0.2, 0.25) is 0 Å². The average Bonchev–Trinajstić information content (AvgIpc) is 2.73. The lowest BCUT2D eigenvalue weighted by Gasteiger charge is -2.06. The summed E-state index contributed by atoms with van der Waals surface area (Å²) < 4.78 is 9.65. The van der Waals surface area contributed by atoms with E-state index in [9.17, 15) is 0 Å². The van der Waals surface area contributed by atoms with E-state index >= 15 is 0 Å². The lowest BCUT2D eigenvalue weighted by atomic mass is 10.1. The van der Waals surface area contributed by atoms with E-state index in [0.717, 1.165) is 22.8 Å². The summed E-state index contributed by atoms with van der Waals surface area (Å²) in [5.41, 5.74) is 7.98.